The lowest BCUT2D eigenvalue weighted by molar-refractivity contribution is -0.131. The molecule has 0 bridgehead atoms. The predicted molar refractivity (Wildman–Crippen MR) is 74.3 cm³/mol. The number of benzene rings is 1. The van der Waals surface area contributed by atoms with E-state index in [1.807, 2.05) is 38.1 Å². The van der Waals surface area contributed by atoms with E-state index in [9.17, 15) is 4.79 Å². The van der Waals surface area contributed by atoms with E-state index in [4.69, 9.17) is 16.3 Å². The van der Waals surface area contributed by atoms with Crippen LogP contribution >= 0.6 is 11.6 Å². The molecule has 0 N–H and O–H groups in total. The molecule has 0 unspecified atom stereocenters. The monoisotopic (exact) mass is 269 g/mol. The number of halogens is 1. The summed E-state index contributed by atoms with van der Waals surface area (Å²) in [6, 6.07) is 7.74. The molecule has 0 saturated carbocycles. The highest BCUT2D eigenvalue weighted by molar-refractivity contribution is 6.18. The Morgan fingerprint density at radius 2 is 2.17 bits per heavy atom. The zero-order valence-corrected chi connectivity index (χ0v) is 11.9. The second-order valence-corrected chi connectivity index (χ2v) is 4.78. The first-order valence-corrected chi connectivity index (χ1v) is 6.60. The maximum atomic E-state index is 12.2. The van der Waals surface area contributed by atoms with Gasteiger partial charge in [0, 0.05) is 18.5 Å². The number of carbonyl (C=O) groups is 1. The highest BCUT2D eigenvalue weighted by Gasteiger charge is 2.16. The summed E-state index contributed by atoms with van der Waals surface area (Å²) in [5, 5.41) is 0. The van der Waals surface area contributed by atoms with E-state index in [1.165, 1.54) is 0 Å². The van der Waals surface area contributed by atoms with Crippen molar-refractivity contribution in [3.63, 3.8) is 0 Å². The number of amides is 1. The van der Waals surface area contributed by atoms with Gasteiger partial charge in [-0.1, -0.05) is 12.1 Å². The van der Waals surface area contributed by atoms with Crippen LogP contribution in [0.1, 0.15) is 19.4 Å². The van der Waals surface area contributed by atoms with Gasteiger partial charge in [0.1, 0.15) is 5.75 Å². The number of alkyl halides is 1. The van der Waals surface area contributed by atoms with Crippen LogP contribution in [0.3, 0.4) is 0 Å². The van der Waals surface area contributed by atoms with Crippen LogP contribution in [0.5, 0.6) is 5.75 Å². The molecule has 1 rings (SSSR count). The number of ether oxygens (including phenoxy) is 1. The molecule has 1 aromatic carbocycles. The van der Waals surface area contributed by atoms with Gasteiger partial charge in [-0.05, 0) is 31.5 Å². The summed E-state index contributed by atoms with van der Waals surface area (Å²) >= 11 is 5.72. The molecule has 18 heavy (non-hydrogen) atoms. The van der Waals surface area contributed by atoms with Crippen molar-refractivity contribution in [1.82, 2.24) is 4.90 Å². The highest BCUT2D eigenvalue weighted by atomic mass is 35.5. The molecule has 0 spiro atoms. The maximum Gasteiger partial charge on any atom is 0.227 e. The van der Waals surface area contributed by atoms with Gasteiger partial charge in [0.15, 0.2) is 0 Å². The van der Waals surface area contributed by atoms with E-state index in [-0.39, 0.29) is 11.9 Å². The normalized spacial score (nSPS) is 10.5. The van der Waals surface area contributed by atoms with Crippen molar-refractivity contribution in [2.75, 3.05) is 19.5 Å². The fourth-order valence-corrected chi connectivity index (χ4v) is 2.00. The first kappa shape index (κ1) is 14.8. The summed E-state index contributed by atoms with van der Waals surface area (Å²) in [7, 11) is 1.62. The standard InChI is InChI=1S/C14H20ClNO2/c1-11(2)16(8-7-15)14(17)10-12-5-4-6-13(9-12)18-3/h4-6,9,11H,7-8,10H2,1-3H3. The molecule has 0 fully saturated rings. The smallest absolute Gasteiger partial charge is 0.227 e. The first-order chi connectivity index (χ1) is 8.58. The van der Waals surface area contributed by atoms with Gasteiger partial charge in [-0.15, -0.1) is 11.6 Å². The Bertz CT molecular complexity index is 393. The van der Waals surface area contributed by atoms with Gasteiger partial charge in [0.2, 0.25) is 5.91 Å². The third-order valence-electron chi connectivity index (χ3n) is 2.76. The van der Waals surface area contributed by atoms with Crippen LogP contribution in [0.2, 0.25) is 0 Å². The van der Waals surface area contributed by atoms with Crippen molar-refractivity contribution < 1.29 is 9.53 Å². The minimum atomic E-state index is 0.0962. The molecule has 0 saturated heterocycles. The third-order valence-corrected chi connectivity index (χ3v) is 2.93. The number of carbonyl (C=O) groups excluding carboxylic acids is 1. The van der Waals surface area contributed by atoms with Crippen LogP contribution in [0.15, 0.2) is 24.3 Å². The Hall–Kier alpha value is -1.22. The number of nitrogens with zero attached hydrogens (tertiary/aromatic N) is 1. The largest absolute Gasteiger partial charge is 0.497 e. The number of methoxy groups -OCH3 is 1. The molecule has 1 aromatic rings. The second-order valence-electron chi connectivity index (χ2n) is 4.40. The molecule has 1 amide bonds. The molecule has 100 valence electrons. The zero-order valence-electron chi connectivity index (χ0n) is 11.1. The summed E-state index contributed by atoms with van der Waals surface area (Å²) in [6.45, 7) is 4.58. The van der Waals surface area contributed by atoms with Crippen LogP contribution in [-0.2, 0) is 11.2 Å². The average molecular weight is 270 g/mol. The van der Waals surface area contributed by atoms with Crippen molar-refractivity contribution in [1.29, 1.82) is 0 Å². The molecule has 0 radical (unpaired) electrons. The number of rotatable bonds is 6. The fraction of sp³-hybridized carbons (Fsp3) is 0.500. The van der Waals surface area contributed by atoms with E-state index in [1.54, 1.807) is 12.0 Å². The number of hydrogen-bond donors (Lipinski definition) is 0. The third kappa shape index (κ3) is 4.22. The van der Waals surface area contributed by atoms with Crippen molar-refractivity contribution >= 4 is 17.5 Å². The molecule has 0 aliphatic heterocycles. The lowest BCUT2D eigenvalue weighted by atomic mass is 10.1. The average Bonchev–Trinajstić information content (AvgIpc) is 2.35. The van der Waals surface area contributed by atoms with Gasteiger partial charge in [-0.25, -0.2) is 0 Å². The SMILES string of the molecule is COc1cccc(CC(=O)N(CCCl)C(C)C)c1. The summed E-state index contributed by atoms with van der Waals surface area (Å²) in [5.41, 5.74) is 0.958. The van der Waals surface area contributed by atoms with Crippen molar-refractivity contribution in [3.05, 3.63) is 29.8 Å². The Morgan fingerprint density at radius 1 is 1.44 bits per heavy atom. The summed E-state index contributed by atoms with van der Waals surface area (Å²) < 4.78 is 5.15. The summed E-state index contributed by atoms with van der Waals surface area (Å²) in [6.07, 6.45) is 0.381. The Labute approximate surface area is 114 Å². The van der Waals surface area contributed by atoms with Crippen LogP contribution in [0.4, 0.5) is 0 Å². The maximum absolute atomic E-state index is 12.2. The van der Waals surface area contributed by atoms with Crippen LogP contribution in [-0.4, -0.2) is 36.4 Å². The second kappa shape index (κ2) is 7.27. The van der Waals surface area contributed by atoms with Gasteiger partial charge in [-0.3, -0.25) is 4.79 Å². The Kier molecular flexibility index (Phi) is 5.99. The Morgan fingerprint density at radius 3 is 2.72 bits per heavy atom. The van der Waals surface area contributed by atoms with Crippen LogP contribution in [0, 0.1) is 0 Å². The minimum absolute atomic E-state index is 0.0962. The summed E-state index contributed by atoms with van der Waals surface area (Å²) in [5.74, 6) is 1.33. The summed E-state index contributed by atoms with van der Waals surface area (Å²) in [4.78, 5) is 14.0. The molecule has 0 aliphatic carbocycles. The van der Waals surface area contributed by atoms with E-state index in [0.29, 0.717) is 18.8 Å². The van der Waals surface area contributed by atoms with E-state index < -0.39 is 0 Å². The van der Waals surface area contributed by atoms with E-state index in [2.05, 4.69) is 0 Å². The molecular formula is C14H20ClNO2. The molecule has 3 nitrogen and oxygen atoms in total. The molecule has 0 atom stereocenters. The van der Waals surface area contributed by atoms with Crippen LogP contribution in [0.25, 0.3) is 0 Å². The van der Waals surface area contributed by atoms with Gasteiger partial charge in [0.25, 0.3) is 0 Å². The quantitative estimate of drug-likeness (QED) is 0.743. The lowest BCUT2D eigenvalue weighted by Crippen LogP contribution is -2.39. The van der Waals surface area contributed by atoms with Crippen molar-refractivity contribution in [2.45, 2.75) is 26.3 Å². The fourth-order valence-electron chi connectivity index (χ4n) is 1.82. The first-order valence-electron chi connectivity index (χ1n) is 6.06. The molecule has 0 aliphatic rings. The molecule has 4 heteroatoms. The lowest BCUT2D eigenvalue weighted by Gasteiger charge is -2.26. The Balaban J connectivity index is 2.72. The molecule has 0 heterocycles. The predicted octanol–water partition coefficient (Wildman–Crippen LogP) is 2.71. The van der Waals surface area contributed by atoms with Crippen molar-refractivity contribution in [2.24, 2.45) is 0 Å². The van der Waals surface area contributed by atoms with Gasteiger partial charge >= 0.3 is 0 Å². The van der Waals surface area contributed by atoms with E-state index in [0.717, 1.165) is 11.3 Å². The van der Waals surface area contributed by atoms with Crippen LogP contribution < -0.4 is 4.74 Å². The van der Waals surface area contributed by atoms with Gasteiger partial charge < -0.3 is 9.64 Å². The minimum Gasteiger partial charge on any atom is -0.497 e. The topological polar surface area (TPSA) is 29.5 Å². The zero-order chi connectivity index (χ0) is 13.5. The van der Waals surface area contributed by atoms with E-state index >= 15 is 0 Å². The van der Waals surface area contributed by atoms with Gasteiger partial charge in [-0.2, -0.15) is 0 Å². The highest BCUT2D eigenvalue weighted by Crippen LogP contribution is 2.14. The molecule has 0 aromatic heterocycles. The molecular weight excluding hydrogens is 250 g/mol. The number of hydrogen-bond acceptors (Lipinski definition) is 2. The van der Waals surface area contributed by atoms with Crippen molar-refractivity contribution in [3.8, 4) is 5.75 Å². The van der Waals surface area contributed by atoms with Gasteiger partial charge in [0.05, 0.1) is 13.5 Å².